The number of nitrogens with zero attached hydrogens (tertiary/aromatic N) is 1. The maximum Gasteiger partial charge on any atom is 0.112 e. The highest BCUT2D eigenvalue weighted by Gasteiger charge is 2.44. The van der Waals surface area contributed by atoms with Crippen LogP contribution in [0.3, 0.4) is 0 Å². The molecule has 0 unspecified atom stereocenters. The molecule has 0 fully saturated rings. The molecule has 0 aromatic heterocycles. The second kappa shape index (κ2) is 8.80. The molecule has 3 aromatic rings. The molecule has 3 rings (SSSR count). The first-order chi connectivity index (χ1) is 13.0. The molecule has 0 bridgehead atoms. The Balaban J connectivity index is 2.06. The van der Waals surface area contributed by atoms with Crippen molar-refractivity contribution < 1.29 is 4.65 Å². The van der Waals surface area contributed by atoms with Gasteiger partial charge in [0.05, 0.1) is 26.8 Å². The zero-order valence-corrected chi connectivity index (χ0v) is 17.2. The smallest absolute Gasteiger partial charge is 0.112 e. The fraction of sp³-hybridized carbons (Fsp3) is 0.250. The zero-order chi connectivity index (χ0) is 19.2. The van der Waals surface area contributed by atoms with E-state index in [1.807, 2.05) is 0 Å². The lowest BCUT2D eigenvalue weighted by atomic mass is 10.3. The molecule has 0 aliphatic carbocycles. The molecule has 0 saturated heterocycles. The number of hydroxylamine groups is 3. The van der Waals surface area contributed by atoms with E-state index in [4.69, 9.17) is 0 Å². The fourth-order valence-electron chi connectivity index (χ4n) is 3.72. The molecule has 0 atom stereocenters. The Bertz CT molecular complexity index is 717. The second-order valence-electron chi connectivity index (χ2n) is 7.54. The van der Waals surface area contributed by atoms with Gasteiger partial charge in [0.2, 0.25) is 0 Å². The van der Waals surface area contributed by atoms with Gasteiger partial charge in [0, 0.05) is 6.42 Å². The SMILES string of the molecule is C[N+](C)([O-])CCCC[P+](c1ccccc1)(c1ccccc1)c1ccccc1. The van der Waals surface area contributed by atoms with Crippen LogP contribution in [0, 0.1) is 5.21 Å². The van der Waals surface area contributed by atoms with Crippen LogP contribution >= 0.6 is 7.26 Å². The Kier molecular flexibility index (Phi) is 6.44. The summed E-state index contributed by atoms with van der Waals surface area (Å²) in [6.45, 7) is 0.665. The summed E-state index contributed by atoms with van der Waals surface area (Å²) in [5.74, 6) is 0. The Morgan fingerprint density at radius 1 is 0.630 bits per heavy atom. The van der Waals surface area contributed by atoms with E-state index >= 15 is 0 Å². The van der Waals surface area contributed by atoms with Crippen LogP contribution < -0.4 is 15.9 Å². The molecule has 0 radical (unpaired) electrons. The van der Waals surface area contributed by atoms with E-state index in [0.717, 1.165) is 19.0 Å². The summed E-state index contributed by atoms with van der Waals surface area (Å²) < 4.78 is -0.215. The minimum absolute atomic E-state index is 0.215. The molecule has 2 nitrogen and oxygen atoms in total. The van der Waals surface area contributed by atoms with Crippen molar-refractivity contribution in [3.8, 4) is 0 Å². The van der Waals surface area contributed by atoms with E-state index in [2.05, 4.69) is 91.0 Å². The largest absolute Gasteiger partial charge is 0.633 e. The minimum Gasteiger partial charge on any atom is -0.633 e. The minimum atomic E-state index is -1.74. The first-order valence-electron chi connectivity index (χ1n) is 9.61. The van der Waals surface area contributed by atoms with Crippen LogP contribution in [0.2, 0.25) is 0 Å². The molecule has 0 aliphatic heterocycles. The molecule has 0 saturated carbocycles. The highest BCUT2D eigenvalue weighted by Crippen LogP contribution is 2.55. The lowest BCUT2D eigenvalue weighted by Crippen LogP contribution is -2.35. The predicted octanol–water partition coefficient (Wildman–Crippen LogP) is 4.33. The second-order valence-corrected chi connectivity index (χ2v) is 11.2. The van der Waals surface area contributed by atoms with E-state index in [-0.39, 0.29) is 4.65 Å². The molecular formula is C24H29NOP+. The van der Waals surface area contributed by atoms with Crippen molar-refractivity contribution in [3.05, 3.63) is 96.2 Å². The van der Waals surface area contributed by atoms with Crippen LogP contribution in [0.5, 0.6) is 0 Å². The third-order valence-electron chi connectivity index (χ3n) is 5.03. The van der Waals surface area contributed by atoms with E-state index < -0.39 is 7.26 Å². The van der Waals surface area contributed by atoms with Crippen LogP contribution in [-0.2, 0) is 0 Å². The predicted molar refractivity (Wildman–Crippen MR) is 120 cm³/mol. The van der Waals surface area contributed by atoms with E-state index in [1.165, 1.54) is 15.9 Å². The van der Waals surface area contributed by atoms with Gasteiger partial charge in [0.1, 0.15) is 23.2 Å². The fourth-order valence-corrected chi connectivity index (χ4v) is 8.13. The maximum absolute atomic E-state index is 12.0. The van der Waals surface area contributed by atoms with Gasteiger partial charge in [-0.2, -0.15) is 0 Å². The summed E-state index contributed by atoms with van der Waals surface area (Å²) in [6, 6.07) is 32.8. The number of unbranched alkanes of at least 4 members (excludes halogenated alkanes) is 1. The van der Waals surface area contributed by atoms with Crippen molar-refractivity contribution in [1.82, 2.24) is 0 Å². The van der Waals surface area contributed by atoms with Gasteiger partial charge in [-0.25, -0.2) is 0 Å². The average molecular weight is 378 g/mol. The summed E-state index contributed by atoms with van der Waals surface area (Å²) in [4.78, 5) is 0. The molecule has 0 amide bonds. The van der Waals surface area contributed by atoms with Crippen LogP contribution in [0.15, 0.2) is 91.0 Å². The first-order valence-corrected chi connectivity index (χ1v) is 11.6. The quantitative estimate of drug-likeness (QED) is 0.248. The molecule has 0 spiro atoms. The Morgan fingerprint density at radius 3 is 1.33 bits per heavy atom. The van der Waals surface area contributed by atoms with Gasteiger partial charge in [-0.3, -0.25) is 0 Å². The van der Waals surface area contributed by atoms with Crippen LogP contribution in [0.25, 0.3) is 0 Å². The van der Waals surface area contributed by atoms with Gasteiger partial charge in [0.25, 0.3) is 0 Å². The molecule has 27 heavy (non-hydrogen) atoms. The summed E-state index contributed by atoms with van der Waals surface area (Å²) in [7, 11) is 1.72. The standard InChI is InChI=1S/C24H29NOP/c1-25(2,26)20-12-13-21-27(22-14-6-3-7-15-22,23-16-8-4-9-17-23)24-18-10-5-11-19-24/h3-11,14-19H,12-13,20-21H2,1-2H3/q+1. The van der Waals surface area contributed by atoms with Gasteiger partial charge in [-0.15, -0.1) is 0 Å². The number of quaternary nitrogens is 1. The topological polar surface area (TPSA) is 23.1 Å². The van der Waals surface area contributed by atoms with E-state index in [9.17, 15) is 5.21 Å². The van der Waals surface area contributed by atoms with Crippen LogP contribution in [0.4, 0.5) is 0 Å². The average Bonchev–Trinajstić information content (AvgIpc) is 2.70. The third kappa shape index (κ3) is 4.84. The molecule has 3 heteroatoms. The monoisotopic (exact) mass is 378 g/mol. The Hall–Kier alpha value is -1.99. The molecule has 0 N–H and O–H groups in total. The lowest BCUT2D eigenvalue weighted by Gasteiger charge is -2.34. The van der Waals surface area contributed by atoms with Gasteiger partial charge in [0.15, 0.2) is 0 Å². The highest BCUT2D eigenvalue weighted by atomic mass is 31.2. The molecule has 0 aliphatic rings. The normalized spacial score (nSPS) is 12.1. The van der Waals surface area contributed by atoms with Crippen molar-refractivity contribution in [1.29, 1.82) is 0 Å². The van der Waals surface area contributed by atoms with Gasteiger partial charge < -0.3 is 9.85 Å². The van der Waals surface area contributed by atoms with Crippen molar-refractivity contribution in [2.75, 3.05) is 26.8 Å². The Morgan fingerprint density at radius 2 is 1.00 bits per heavy atom. The van der Waals surface area contributed by atoms with E-state index in [1.54, 1.807) is 14.1 Å². The van der Waals surface area contributed by atoms with Crippen molar-refractivity contribution in [2.24, 2.45) is 0 Å². The summed E-state index contributed by atoms with van der Waals surface area (Å²) >= 11 is 0. The number of benzene rings is 3. The number of hydrogen-bond donors (Lipinski definition) is 0. The zero-order valence-electron chi connectivity index (χ0n) is 16.3. The van der Waals surface area contributed by atoms with Crippen LogP contribution in [-0.4, -0.2) is 31.4 Å². The molecule has 3 aromatic carbocycles. The summed E-state index contributed by atoms with van der Waals surface area (Å²) in [5.41, 5.74) is 0. The number of rotatable bonds is 8. The molecule has 0 heterocycles. The lowest BCUT2D eigenvalue weighted by molar-refractivity contribution is -0.840. The first kappa shape index (κ1) is 19.8. The molecular weight excluding hydrogens is 349 g/mol. The van der Waals surface area contributed by atoms with Crippen molar-refractivity contribution >= 4 is 23.2 Å². The number of hydrogen-bond acceptors (Lipinski definition) is 1. The van der Waals surface area contributed by atoms with Crippen molar-refractivity contribution in [3.63, 3.8) is 0 Å². The van der Waals surface area contributed by atoms with Crippen molar-refractivity contribution in [2.45, 2.75) is 12.8 Å². The van der Waals surface area contributed by atoms with Gasteiger partial charge >= 0.3 is 0 Å². The van der Waals surface area contributed by atoms with Gasteiger partial charge in [-0.1, -0.05) is 54.6 Å². The maximum atomic E-state index is 12.0. The van der Waals surface area contributed by atoms with Gasteiger partial charge in [-0.05, 0) is 42.8 Å². The summed E-state index contributed by atoms with van der Waals surface area (Å²) in [6.07, 6.45) is 3.09. The Labute approximate surface area is 164 Å². The van der Waals surface area contributed by atoms with Crippen LogP contribution in [0.1, 0.15) is 12.8 Å². The van der Waals surface area contributed by atoms with E-state index in [0.29, 0.717) is 6.54 Å². The summed E-state index contributed by atoms with van der Waals surface area (Å²) in [5, 5.41) is 16.2. The third-order valence-corrected chi connectivity index (χ3v) is 9.56. The molecule has 140 valence electrons. The highest BCUT2D eigenvalue weighted by molar-refractivity contribution is 7.95.